The van der Waals surface area contributed by atoms with Crippen LogP contribution in [0.5, 0.6) is 0 Å². The maximum atomic E-state index is 9.66. The molecule has 1 saturated heterocycles. The number of ether oxygens (including phenoxy) is 1. The van der Waals surface area contributed by atoms with Crippen LogP contribution in [0.2, 0.25) is 0 Å². The molecule has 96 valence electrons. The normalized spacial score (nSPS) is 28.0. The van der Waals surface area contributed by atoms with Crippen molar-refractivity contribution < 1.29 is 14.9 Å². The molecule has 4 N–H and O–H groups in total. The SMILES string of the molecule is Nc1nccc2nn([C@H]3C[C@H](O)C(CO)O3)nc12. The van der Waals surface area contributed by atoms with E-state index in [1.807, 2.05) is 0 Å². The first-order valence-electron chi connectivity index (χ1n) is 5.60. The van der Waals surface area contributed by atoms with E-state index in [0.717, 1.165) is 0 Å². The van der Waals surface area contributed by atoms with Crippen molar-refractivity contribution in [3.05, 3.63) is 12.3 Å². The summed E-state index contributed by atoms with van der Waals surface area (Å²) in [6, 6.07) is 1.70. The van der Waals surface area contributed by atoms with Gasteiger partial charge in [0.2, 0.25) is 0 Å². The van der Waals surface area contributed by atoms with Crippen molar-refractivity contribution >= 4 is 16.9 Å². The highest BCUT2D eigenvalue weighted by atomic mass is 16.5. The monoisotopic (exact) mass is 251 g/mol. The highest BCUT2D eigenvalue weighted by molar-refractivity contribution is 5.83. The molecule has 3 rings (SSSR count). The van der Waals surface area contributed by atoms with E-state index in [1.54, 1.807) is 12.3 Å². The highest BCUT2D eigenvalue weighted by Gasteiger charge is 2.35. The third-order valence-corrected chi connectivity index (χ3v) is 2.99. The van der Waals surface area contributed by atoms with Crippen molar-refractivity contribution in [1.82, 2.24) is 20.0 Å². The van der Waals surface area contributed by atoms with Gasteiger partial charge in [-0.25, -0.2) is 4.98 Å². The lowest BCUT2D eigenvalue weighted by molar-refractivity contribution is -0.0529. The van der Waals surface area contributed by atoms with Crippen LogP contribution in [0.3, 0.4) is 0 Å². The lowest BCUT2D eigenvalue weighted by Gasteiger charge is -2.10. The van der Waals surface area contributed by atoms with Crippen molar-refractivity contribution in [2.75, 3.05) is 12.3 Å². The van der Waals surface area contributed by atoms with Gasteiger partial charge in [0.05, 0.1) is 12.7 Å². The van der Waals surface area contributed by atoms with Gasteiger partial charge in [0.25, 0.3) is 0 Å². The van der Waals surface area contributed by atoms with Crippen molar-refractivity contribution in [1.29, 1.82) is 0 Å². The number of aromatic nitrogens is 4. The van der Waals surface area contributed by atoms with E-state index in [2.05, 4.69) is 15.2 Å². The van der Waals surface area contributed by atoms with Gasteiger partial charge >= 0.3 is 0 Å². The van der Waals surface area contributed by atoms with Crippen molar-refractivity contribution in [3.8, 4) is 0 Å². The summed E-state index contributed by atoms with van der Waals surface area (Å²) in [4.78, 5) is 5.29. The molecular formula is C10H13N5O3. The van der Waals surface area contributed by atoms with Gasteiger partial charge in [-0.2, -0.15) is 9.90 Å². The Labute approximate surface area is 102 Å². The molecular weight excluding hydrogens is 238 g/mol. The molecule has 0 bridgehead atoms. The van der Waals surface area contributed by atoms with E-state index in [-0.39, 0.29) is 6.61 Å². The Morgan fingerprint density at radius 3 is 3.00 bits per heavy atom. The predicted molar refractivity (Wildman–Crippen MR) is 61.4 cm³/mol. The van der Waals surface area contributed by atoms with Crippen LogP contribution in [-0.4, -0.2) is 49.0 Å². The molecule has 1 aliphatic rings. The number of aliphatic hydroxyl groups is 2. The molecule has 0 spiro atoms. The zero-order valence-corrected chi connectivity index (χ0v) is 9.47. The average Bonchev–Trinajstić information content (AvgIpc) is 2.93. The van der Waals surface area contributed by atoms with Crippen LogP contribution in [0.1, 0.15) is 12.6 Å². The summed E-state index contributed by atoms with van der Waals surface area (Å²) >= 11 is 0. The minimum atomic E-state index is -0.718. The van der Waals surface area contributed by atoms with E-state index in [9.17, 15) is 5.11 Å². The van der Waals surface area contributed by atoms with E-state index >= 15 is 0 Å². The summed E-state index contributed by atoms with van der Waals surface area (Å²) < 4.78 is 5.46. The second-order valence-electron chi connectivity index (χ2n) is 4.20. The summed E-state index contributed by atoms with van der Waals surface area (Å²) in [6.45, 7) is -0.234. The maximum absolute atomic E-state index is 9.66. The summed E-state index contributed by atoms with van der Waals surface area (Å²) in [5.74, 6) is 0.302. The van der Waals surface area contributed by atoms with Crippen molar-refractivity contribution in [2.24, 2.45) is 0 Å². The van der Waals surface area contributed by atoms with Crippen LogP contribution < -0.4 is 5.73 Å². The largest absolute Gasteiger partial charge is 0.394 e. The van der Waals surface area contributed by atoms with Gasteiger partial charge in [0.15, 0.2) is 17.6 Å². The molecule has 1 aliphatic heterocycles. The molecule has 3 heterocycles. The molecule has 0 radical (unpaired) electrons. The number of nitrogens with two attached hydrogens (primary N) is 1. The zero-order chi connectivity index (χ0) is 12.7. The van der Waals surface area contributed by atoms with E-state index < -0.39 is 18.4 Å². The van der Waals surface area contributed by atoms with Crippen LogP contribution in [0.15, 0.2) is 12.3 Å². The summed E-state index contributed by atoms with van der Waals surface area (Å²) in [6.07, 6.45) is 0.0741. The van der Waals surface area contributed by atoms with Crippen LogP contribution in [-0.2, 0) is 4.74 Å². The van der Waals surface area contributed by atoms with E-state index in [1.165, 1.54) is 4.80 Å². The van der Waals surface area contributed by atoms with Crippen molar-refractivity contribution in [2.45, 2.75) is 24.9 Å². The zero-order valence-electron chi connectivity index (χ0n) is 9.47. The van der Waals surface area contributed by atoms with Crippen LogP contribution in [0, 0.1) is 0 Å². The quantitative estimate of drug-likeness (QED) is 0.629. The summed E-state index contributed by atoms with van der Waals surface area (Å²) in [5.41, 5.74) is 6.81. The number of rotatable bonds is 2. The lowest BCUT2D eigenvalue weighted by atomic mass is 10.2. The van der Waals surface area contributed by atoms with Gasteiger partial charge in [-0.15, -0.1) is 5.10 Å². The topological polar surface area (TPSA) is 119 Å². The van der Waals surface area contributed by atoms with Gasteiger partial charge in [0.1, 0.15) is 11.6 Å². The molecule has 0 amide bonds. The number of nitrogens with zero attached hydrogens (tertiary/aromatic N) is 4. The number of anilines is 1. The molecule has 2 aromatic rings. The number of pyridine rings is 1. The molecule has 0 saturated carbocycles. The number of aliphatic hydroxyl groups excluding tert-OH is 2. The predicted octanol–water partition coefficient (Wildman–Crippen LogP) is -0.951. The van der Waals surface area contributed by atoms with Gasteiger partial charge < -0.3 is 20.7 Å². The molecule has 2 aromatic heterocycles. The Bertz CT molecular complexity index is 572. The fourth-order valence-corrected chi connectivity index (χ4v) is 2.03. The smallest absolute Gasteiger partial charge is 0.172 e. The first kappa shape index (κ1) is 11.3. The number of nitrogen functional groups attached to an aromatic ring is 1. The number of hydrogen-bond donors (Lipinski definition) is 3. The molecule has 1 fully saturated rings. The summed E-state index contributed by atoms with van der Waals surface area (Å²) in [5, 5.41) is 27.1. The third kappa shape index (κ3) is 1.70. The fourth-order valence-electron chi connectivity index (χ4n) is 2.03. The third-order valence-electron chi connectivity index (χ3n) is 2.99. The second-order valence-corrected chi connectivity index (χ2v) is 4.20. The first-order valence-corrected chi connectivity index (χ1v) is 5.60. The standard InChI is InChI=1S/C10H13N5O3/c11-10-9-5(1-2-12-10)13-15(14-9)8-3-6(17)7(4-16)18-8/h1-2,6-8,16-17H,3-4H2,(H2,11,12)/t6-,7?,8+/m0/s1. The van der Waals surface area contributed by atoms with Gasteiger partial charge in [-0.05, 0) is 6.07 Å². The molecule has 0 aromatic carbocycles. The summed E-state index contributed by atoms with van der Waals surface area (Å²) in [7, 11) is 0. The van der Waals surface area contributed by atoms with E-state index in [4.69, 9.17) is 15.6 Å². The van der Waals surface area contributed by atoms with Crippen molar-refractivity contribution in [3.63, 3.8) is 0 Å². The second kappa shape index (κ2) is 4.16. The Hall–Kier alpha value is -1.77. The average molecular weight is 251 g/mol. The number of hydrogen-bond acceptors (Lipinski definition) is 7. The Morgan fingerprint density at radius 1 is 1.50 bits per heavy atom. The minimum absolute atomic E-state index is 0.234. The van der Waals surface area contributed by atoms with Gasteiger partial charge in [-0.3, -0.25) is 0 Å². The molecule has 1 unspecified atom stereocenters. The Morgan fingerprint density at radius 2 is 2.33 bits per heavy atom. The molecule has 0 aliphatic carbocycles. The van der Waals surface area contributed by atoms with E-state index in [0.29, 0.717) is 23.3 Å². The van der Waals surface area contributed by atoms with Crippen LogP contribution in [0.4, 0.5) is 5.82 Å². The first-order chi connectivity index (χ1) is 8.69. The fraction of sp³-hybridized carbons (Fsp3) is 0.500. The number of fused-ring (bicyclic) bond motifs is 1. The van der Waals surface area contributed by atoms with Gasteiger partial charge in [0, 0.05) is 12.6 Å². The van der Waals surface area contributed by atoms with Gasteiger partial charge in [-0.1, -0.05) is 0 Å². The molecule has 3 atom stereocenters. The maximum Gasteiger partial charge on any atom is 0.172 e. The Kier molecular flexibility index (Phi) is 2.62. The Balaban J connectivity index is 1.94. The molecule has 8 nitrogen and oxygen atoms in total. The van der Waals surface area contributed by atoms with Crippen LogP contribution in [0.25, 0.3) is 11.0 Å². The van der Waals surface area contributed by atoms with Crippen LogP contribution >= 0.6 is 0 Å². The molecule has 8 heteroatoms. The highest BCUT2D eigenvalue weighted by Crippen LogP contribution is 2.28. The lowest BCUT2D eigenvalue weighted by Crippen LogP contribution is -2.24. The minimum Gasteiger partial charge on any atom is -0.394 e. The molecule has 18 heavy (non-hydrogen) atoms.